The lowest BCUT2D eigenvalue weighted by atomic mass is 10.0. The first-order chi connectivity index (χ1) is 16.5. The number of aliphatic hydroxyl groups excluding tert-OH is 2. The number of anilines is 2. The lowest BCUT2D eigenvalue weighted by molar-refractivity contribution is -0.138. The van der Waals surface area contributed by atoms with E-state index in [1.165, 1.54) is 12.1 Å². The minimum atomic E-state index is -4.84. The molecule has 0 saturated carbocycles. The number of hydrogen-bond acceptors (Lipinski definition) is 8. The Kier molecular flexibility index (Phi) is 6.25. The summed E-state index contributed by atoms with van der Waals surface area (Å²) in [6.07, 6.45) is -8.21. The summed E-state index contributed by atoms with van der Waals surface area (Å²) in [5, 5.41) is 21.7. The number of alkyl halides is 6. The lowest BCUT2D eigenvalue weighted by Gasteiger charge is -2.15. The Morgan fingerprint density at radius 1 is 0.886 bits per heavy atom. The first-order valence-electron chi connectivity index (χ1n) is 9.76. The van der Waals surface area contributed by atoms with E-state index in [0.29, 0.717) is 12.3 Å². The van der Waals surface area contributed by atoms with Gasteiger partial charge in [0.15, 0.2) is 5.65 Å². The van der Waals surface area contributed by atoms with E-state index in [1.807, 2.05) is 0 Å². The zero-order chi connectivity index (χ0) is 25.4. The highest BCUT2D eigenvalue weighted by atomic mass is 19.4. The highest BCUT2D eigenvalue weighted by Crippen LogP contribution is 2.37. The third-order valence-corrected chi connectivity index (χ3v) is 4.85. The number of halogens is 6. The molecule has 0 amide bonds. The van der Waals surface area contributed by atoms with Crippen molar-refractivity contribution in [2.24, 2.45) is 0 Å². The maximum Gasteiger partial charge on any atom is 0.418 e. The van der Waals surface area contributed by atoms with Crippen LogP contribution in [0.3, 0.4) is 0 Å². The Bertz CT molecular complexity index is 1360. The number of aromatic nitrogens is 5. The first-order valence-corrected chi connectivity index (χ1v) is 9.76. The molecule has 8 nitrogen and oxygen atoms in total. The van der Waals surface area contributed by atoms with Crippen molar-refractivity contribution in [3.05, 3.63) is 65.7 Å². The van der Waals surface area contributed by atoms with Gasteiger partial charge >= 0.3 is 12.4 Å². The second-order valence-electron chi connectivity index (χ2n) is 7.21. The van der Waals surface area contributed by atoms with Crippen LogP contribution in [0.2, 0.25) is 0 Å². The van der Waals surface area contributed by atoms with E-state index in [1.54, 1.807) is 0 Å². The van der Waals surface area contributed by atoms with Crippen LogP contribution in [0.25, 0.3) is 22.4 Å². The van der Waals surface area contributed by atoms with Crippen LogP contribution in [-0.4, -0.2) is 41.7 Å². The van der Waals surface area contributed by atoms with Crippen LogP contribution in [0.4, 0.5) is 38.0 Å². The Morgan fingerprint density at radius 3 is 2.29 bits per heavy atom. The minimum Gasteiger partial charge on any atom is -0.393 e. The monoisotopic (exact) mass is 496 g/mol. The number of fused-ring (bicyclic) bond motifs is 1. The Hall–Kier alpha value is -3.91. The van der Waals surface area contributed by atoms with Crippen LogP contribution in [-0.2, 0) is 12.4 Å². The van der Waals surface area contributed by atoms with E-state index < -0.39 is 41.9 Å². The van der Waals surface area contributed by atoms with Gasteiger partial charge in [0.25, 0.3) is 0 Å². The van der Waals surface area contributed by atoms with Crippen LogP contribution in [0.5, 0.6) is 0 Å². The van der Waals surface area contributed by atoms with Crippen molar-refractivity contribution in [1.82, 2.24) is 24.9 Å². The second-order valence-corrected chi connectivity index (χ2v) is 7.21. The molecule has 4 heterocycles. The molecule has 4 rings (SSSR count). The summed E-state index contributed by atoms with van der Waals surface area (Å²) in [4.78, 5) is 19.6. The van der Waals surface area contributed by atoms with Gasteiger partial charge in [-0.1, -0.05) is 0 Å². The minimum absolute atomic E-state index is 0.0127. The fourth-order valence-corrected chi connectivity index (χ4v) is 3.12. The summed E-state index contributed by atoms with van der Waals surface area (Å²) >= 11 is 0. The molecule has 35 heavy (non-hydrogen) atoms. The van der Waals surface area contributed by atoms with Crippen LogP contribution in [0, 0.1) is 0 Å². The molecule has 0 spiro atoms. The molecule has 182 valence electrons. The maximum absolute atomic E-state index is 13.7. The van der Waals surface area contributed by atoms with Gasteiger partial charge in [-0.15, -0.1) is 0 Å². The van der Waals surface area contributed by atoms with Crippen molar-refractivity contribution < 1.29 is 36.6 Å². The van der Waals surface area contributed by atoms with E-state index in [2.05, 4.69) is 30.2 Å². The van der Waals surface area contributed by atoms with Crippen molar-refractivity contribution in [2.45, 2.75) is 18.5 Å². The third kappa shape index (κ3) is 5.12. The van der Waals surface area contributed by atoms with Gasteiger partial charge < -0.3 is 15.5 Å². The van der Waals surface area contributed by atoms with Gasteiger partial charge in [0.1, 0.15) is 29.8 Å². The van der Waals surface area contributed by atoms with Gasteiger partial charge in [-0.2, -0.15) is 26.3 Å². The molecule has 1 atom stereocenters. The standard InChI is InChI=1S/C21H14F6N6O2/c22-20(23,24)11-1-4-16(28-7-11)33-19-12-2-3-14(32-18(12)30-9-31-19)17-13(21(25,26)27)5-10(6-29-17)15(35)8-34/h1-7,9,15,34-35H,8H2,(H,28,30,31,32,33). The van der Waals surface area contributed by atoms with Gasteiger partial charge in [-0.05, 0) is 30.3 Å². The van der Waals surface area contributed by atoms with Gasteiger partial charge in [-0.3, -0.25) is 4.98 Å². The Balaban J connectivity index is 1.72. The van der Waals surface area contributed by atoms with Gasteiger partial charge in [0, 0.05) is 18.0 Å². The summed E-state index contributed by atoms with van der Waals surface area (Å²) in [5.74, 6) is 0.160. The quantitative estimate of drug-likeness (QED) is 0.351. The highest BCUT2D eigenvalue weighted by Gasteiger charge is 2.36. The van der Waals surface area contributed by atoms with Crippen molar-refractivity contribution in [1.29, 1.82) is 0 Å². The van der Waals surface area contributed by atoms with Gasteiger partial charge in [0.05, 0.1) is 28.8 Å². The van der Waals surface area contributed by atoms with E-state index >= 15 is 0 Å². The molecule has 0 radical (unpaired) electrons. The number of aliphatic hydroxyl groups is 2. The predicted octanol–water partition coefficient (Wildman–Crippen LogP) is 4.29. The second kappa shape index (κ2) is 9.03. The maximum atomic E-state index is 13.7. The summed E-state index contributed by atoms with van der Waals surface area (Å²) < 4.78 is 79.2. The van der Waals surface area contributed by atoms with Gasteiger partial charge in [-0.25, -0.2) is 19.9 Å². The normalized spacial score (nSPS) is 13.1. The van der Waals surface area contributed by atoms with Crippen molar-refractivity contribution in [2.75, 3.05) is 11.9 Å². The van der Waals surface area contributed by atoms with Crippen LogP contribution in [0.15, 0.2) is 49.1 Å². The average Bonchev–Trinajstić information content (AvgIpc) is 2.82. The van der Waals surface area contributed by atoms with Crippen LogP contribution in [0.1, 0.15) is 22.8 Å². The predicted molar refractivity (Wildman–Crippen MR) is 110 cm³/mol. The molecule has 0 bridgehead atoms. The molecule has 1 unspecified atom stereocenters. The molecule has 0 saturated heterocycles. The summed E-state index contributed by atoms with van der Waals surface area (Å²) in [5.41, 5.74) is -3.04. The molecule has 3 N–H and O–H groups in total. The molecule has 0 aliphatic heterocycles. The molecular formula is C21H14F6N6O2. The topological polar surface area (TPSA) is 117 Å². The fourth-order valence-electron chi connectivity index (χ4n) is 3.12. The molecule has 0 aliphatic carbocycles. The zero-order valence-electron chi connectivity index (χ0n) is 17.3. The number of pyridine rings is 3. The smallest absolute Gasteiger partial charge is 0.393 e. The van der Waals surface area contributed by atoms with Crippen LogP contribution >= 0.6 is 0 Å². The highest BCUT2D eigenvalue weighted by molar-refractivity contribution is 5.89. The largest absolute Gasteiger partial charge is 0.418 e. The molecule has 0 aromatic carbocycles. The summed E-state index contributed by atoms with van der Waals surface area (Å²) in [6, 6.07) is 5.23. The molecule has 0 aliphatic rings. The fraction of sp³-hybridized carbons (Fsp3) is 0.190. The van der Waals surface area contributed by atoms with E-state index in [0.717, 1.165) is 24.7 Å². The SMILES string of the molecule is OCC(O)c1cnc(-c2ccc3c(Nc4ccc(C(F)(F)F)cn4)ncnc3n2)c(C(F)(F)F)c1. The molecular weight excluding hydrogens is 482 g/mol. The molecule has 0 fully saturated rings. The third-order valence-electron chi connectivity index (χ3n) is 4.85. The van der Waals surface area contributed by atoms with E-state index in [4.69, 9.17) is 5.11 Å². The van der Waals surface area contributed by atoms with Crippen molar-refractivity contribution in [3.8, 4) is 11.4 Å². The molecule has 4 aromatic heterocycles. The first kappa shape index (κ1) is 24.2. The summed E-state index contributed by atoms with van der Waals surface area (Å²) in [7, 11) is 0. The van der Waals surface area contributed by atoms with Crippen LogP contribution < -0.4 is 5.32 Å². The number of nitrogens with zero attached hydrogens (tertiary/aromatic N) is 5. The number of nitrogens with one attached hydrogen (secondary N) is 1. The van der Waals surface area contributed by atoms with Crippen molar-refractivity contribution >= 4 is 22.7 Å². The van der Waals surface area contributed by atoms with Crippen molar-refractivity contribution in [3.63, 3.8) is 0 Å². The zero-order valence-corrected chi connectivity index (χ0v) is 17.3. The number of hydrogen-bond donors (Lipinski definition) is 3. The number of rotatable bonds is 5. The average molecular weight is 496 g/mol. The van der Waals surface area contributed by atoms with E-state index in [-0.39, 0.29) is 33.9 Å². The molecule has 14 heteroatoms. The lowest BCUT2D eigenvalue weighted by Crippen LogP contribution is -2.12. The molecule has 4 aromatic rings. The summed E-state index contributed by atoms with van der Waals surface area (Å²) in [6.45, 7) is -0.785. The Morgan fingerprint density at radius 2 is 1.66 bits per heavy atom. The van der Waals surface area contributed by atoms with Gasteiger partial charge in [0.2, 0.25) is 0 Å². The van der Waals surface area contributed by atoms with E-state index in [9.17, 15) is 31.4 Å². The Labute approximate surface area is 192 Å².